The van der Waals surface area contributed by atoms with Gasteiger partial charge in [0.2, 0.25) is 5.78 Å². The molecular weight excluding hydrogens is 232 g/mol. The molecule has 1 aromatic carbocycles. The topological polar surface area (TPSA) is 64.3 Å². The Labute approximate surface area is 102 Å². The van der Waals surface area contributed by atoms with E-state index in [4.69, 9.17) is 4.42 Å². The van der Waals surface area contributed by atoms with E-state index >= 15 is 0 Å². The van der Waals surface area contributed by atoms with Crippen LogP contribution in [0, 0.1) is 6.92 Å². The van der Waals surface area contributed by atoms with E-state index in [1.165, 1.54) is 0 Å². The van der Waals surface area contributed by atoms with Crippen molar-refractivity contribution in [3.8, 4) is 0 Å². The molecule has 0 atom stereocenters. The number of rotatable bonds is 1. The summed E-state index contributed by atoms with van der Waals surface area (Å²) in [4.78, 5) is 35.4. The largest absolute Gasteiger partial charge is 0.459 e. The number of ketones is 2. The van der Waals surface area contributed by atoms with E-state index in [1.54, 1.807) is 25.1 Å². The number of carbonyl (C=O) groups excluding carboxylic acids is 3. The third-order valence-corrected chi connectivity index (χ3v) is 3.12. The van der Waals surface area contributed by atoms with Gasteiger partial charge in [0.25, 0.3) is 0 Å². The second kappa shape index (κ2) is 3.50. The first-order valence-corrected chi connectivity index (χ1v) is 5.41. The quantitative estimate of drug-likeness (QED) is 0.611. The lowest BCUT2D eigenvalue weighted by atomic mass is 9.84. The van der Waals surface area contributed by atoms with Crippen molar-refractivity contribution in [2.45, 2.75) is 6.92 Å². The van der Waals surface area contributed by atoms with Gasteiger partial charge in [-0.05, 0) is 12.5 Å². The van der Waals surface area contributed by atoms with Crippen molar-refractivity contribution in [2.75, 3.05) is 0 Å². The van der Waals surface area contributed by atoms with E-state index in [9.17, 15) is 14.4 Å². The minimum Gasteiger partial charge on any atom is -0.459 e. The minimum absolute atomic E-state index is 0.0415. The molecule has 1 aliphatic carbocycles. The second-order valence-electron chi connectivity index (χ2n) is 4.17. The van der Waals surface area contributed by atoms with Crippen molar-refractivity contribution in [3.05, 3.63) is 58.0 Å². The first-order valence-electron chi connectivity index (χ1n) is 5.41. The maximum absolute atomic E-state index is 12.3. The van der Waals surface area contributed by atoms with Gasteiger partial charge in [-0.25, -0.2) is 0 Å². The van der Waals surface area contributed by atoms with E-state index in [0.29, 0.717) is 17.4 Å². The van der Waals surface area contributed by atoms with Crippen molar-refractivity contribution in [1.29, 1.82) is 0 Å². The number of benzene rings is 1. The maximum atomic E-state index is 12.3. The molecule has 0 radical (unpaired) electrons. The number of hydrogen-bond acceptors (Lipinski definition) is 4. The standard InChI is InChI=1S/C14H8O4/c1-7-3-2-4-9-10(7)13(17)11-8(5-15)6-18-14(11)12(9)16/h2-6H,1H3. The van der Waals surface area contributed by atoms with Crippen molar-refractivity contribution >= 4 is 17.9 Å². The van der Waals surface area contributed by atoms with Gasteiger partial charge in [-0.3, -0.25) is 14.4 Å². The molecular formula is C14H8O4. The first-order chi connectivity index (χ1) is 8.65. The van der Waals surface area contributed by atoms with Gasteiger partial charge < -0.3 is 4.42 Å². The molecule has 0 saturated heterocycles. The highest BCUT2D eigenvalue weighted by Gasteiger charge is 2.35. The zero-order valence-corrected chi connectivity index (χ0v) is 9.52. The number of hydrogen-bond donors (Lipinski definition) is 0. The highest BCUT2D eigenvalue weighted by atomic mass is 16.3. The average molecular weight is 240 g/mol. The van der Waals surface area contributed by atoms with Crippen LogP contribution in [0.3, 0.4) is 0 Å². The second-order valence-corrected chi connectivity index (χ2v) is 4.17. The van der Waals surface area contributed by atoms with Gasteiger partial charge in [-0.1, -0.05) is 18.2 Å². The summed E-state index contributed by atoms with van der Waals surface area (Å²) >= 11 is 0. The van der Waals surface area contributed by atoms with Crippen LogP contribution in [0.15, 0.2) is 28.9 Å². The zero-order chi connectivity index (χ0) is 12.9. The van der Waals surface area contributed by atoms with Gasteiger partial charge >= 0.3 is 0 Å². The molecule has 1 aromatic heterocycles. The maximum Gasteiger partial charge on any atom is 0.229 e. The predicted molar refractivity (Wildman–Crippen MR) is 62.1 cm³/mol. The lowest BCUT2D eigenvalue weighted by molar-refractivity contribution is 0.0959. The SMILES string of the molecule is Cc1cccc2c1C(=O)c1c(C=O)coc1C2=O. The summed E-state index contributed by atoms with van der Waals surface area (Å²) in [6.07, 6.45) is 1.67. The summed E-state index contributed by atoms with van der Waals surface area (Å²) in [5, 5.41) is 0. The van der Waals surface area contributed by atoms with E-state index in [1.807, 2.05) is 0 Å². The van der Waals surface area contributed by atoms with Gasteiger partial charge in [0, 0.05) is 11.1 Å². The summed E-state index contributed by atoms with van der Waals surface area (Å²) in [6, 6.07) is 5.07. The van der Waals surface area contributed by atoms with E-state index < -0.39 is 0 Å². The Morgan fingerprint density at radius 1 is 1.11 bits per heavy atom. The molecule has 4 nitrogen and oxygen atoms in total. The Hall–Kier alpha value is -2.49. The highest BCUT2D eigenvalue weighted by Crippen LogP contribution is 2.31. The summed E-state index contributed by atoms with van der Waals surface area (Å²) in [5.41, 5.74) is 1.61. The highest BCUT2D eigenvalue weighted by molar-refractivity contribution is 6.29. The first kappa shape index (κ1) is 10.7. The predicted octanol–water partition coefficient (Wildman–Crippen LogP) is 2.18. The normalized spacial score (nSPS) is 13.2. The van der Waals surface area contributed by atoms with Gasteiger partial charge in [-0.2, -0.15) is 0 Å². The number of aryl methyl sites for hydroxylation is 1. The molecule has 2 aromatic rings. The Balaban J connectivity index is 2.37. The summed E-state index contributed by atoms with van der Waals surface area (Å²) in [6.45, 7) is 1.76. The van der Waals surface area contributed by atoms with Crippen LogP contribution >= 0.6 is 0 Å². The lowest BCUT2D eigenvalue weighted by Gasteiger charge is -2.15. The summed E-state index contributed by atoms with van der Waals surface area (Å²) < 4.78 is 5.06. The molecule has 0 fully saturated rings. The molecule has 1 aliphatic rings. The van der Waals surface area contributed by atoms with Crippen LogP contribution in [0.25, 0.3) is 0 Å². The van der Waals surface area contributed by atoms with Crippen LogP contribution < -0.4 is 0 Å². The third-order valence-electron chi connectivity index (χ3n) is 3.12. The van der Waals surface area contributed by atoms with Crippen LogP contribution in [0.5, 0.6) is 0 Å². The van der Waals surface area contributed by atoms with Crippen LogP contribution in [0.1, 0.15) is 48.0 Å². The number of carbonyl (C=O) groups is 3. The monoisotopic (exact) mass is 240 g/mol. The number of aldehydes is 1. The van der Waals surface area contributed by atoms with E-state index in [2.05, 4.69) is 0 Å². The van der Waals surface area contributed by atoms with Crippen LogP contribution in [0.2, 0.25) is 0 Å². The van der Waals surface area contributed by atoms with Gasteiger partial charge in [0.1, 0.15) is 6.26 Å². The zero-order valence-electron chi connectivity index (χ0n) is 9.52. The van der Waals surface area contributed by atoms with Crippen LogP contribution in [-0.4, -0.2) is 17.9 Å². The van der Waals surface area contributed by atoms with Crippen LogP contribution in [0.4, 0.5) is 0 Å². The van der Waals surface area contributed by atoms with Gasteiger partial charge in [-0.15, -0.1) is 0 Å². The van der Waals surface area contributed by atoms with Crippen LogP contribution in [-0.2, 0) is 0 Å². The molecule has 18 heavy (non-hydrogen) atoms. The molecule has 4 heteroatoms. The molecule has 88 valence electrons. The fourth-order valence-corrected chi connectivity index (χ4v) is 2.27. The molecule has 0 bridgehead atoms. The fourth-order valence-electron chi connectivity index (χ4n) is 2.27. The number of furan rings is 1. The molecule has 0 N–H and O–H groups in total. The minimum atomic E-state index is -0.351. The molecule has 0 amide bonds. The fraction of sp³-hybridized carbons (Fsp3) is 0.0714. The molecule has 0 spiro atoms. The van der Waals surface area contributed by atoms with E-state index in [-0.39, 0.29) is 28.5 Å². The van der Waals surface area contributed by atoms with Gasteiger partial charge in [0.15, 0.2) is 17.8 Å². The molecule has 0 saturated carbocycles. The lowest BCUT2D eigenvalue weighted by Crippen LogP contribution is -2.21. The van der Waals surface area contributed by atoms with Gasteiger partial charge in [0.05, 0.1) is 11.1 Å². The molecule has 1 heterocycles. The summed E-state index contributed by atoms with van der Waals surface area (Å²) in [7, 11) is 0. The van der Waals surface area contributed by atoms with E-state index in [0.717, 1.165) is 11.8 Å². The Kier molecular flexibility index (Phi) is 2.07. The Bertz CT molecular complexity index is 707. The molecule has 3 rings (SSSR count). The third kappa shape index (κ3) is 1.17. The molecule has 0 aliphatic heterocycles. The smallest absolute Gasteiger partial charge is 0.229 e. The van der Waals surface area contributed by atoms with Crippen molar-refractivity contribution < 1.29 is 18.8 Å². The van der Waals surface area contributed by atoms with Crippen molar-refractivity contribution in [2.24, 2.45) is 0 Å². The Morgan fingerprint density at radius 3 is 2.61 bits per heavy atom. The number of fused-ring (bicyclic) bond motifs is 2. The molecule has 0 unspecified atom stereocenters. The van der Waals surface area contributed by atoms with Crippen molar-refractivity contribution in [3.63, 3.8) is 0 Å². The average Bonchev–Trinajstić information content (AvgIpc) is 2.80. The summed E-state index contributed by atoms with van der Waals surface area (Å²) in [5.74, 6) is -0.717. The van der Waals surface area contributed by atoms with Crippen molar-refractivity contribution in [1.82, 2.24) is 0 Å². The Morgan fingerprint density at radius 2 is 1.89 bits per heavy atom.